The molecule has 21 heavy (non-hydrogen) atoms. The Morgan fingerprint density at radius 2 is 1.86 bits per heavy atom. The lowest BCUT2D eigenvalue weighted by Crippen LogP contribution is -2.16. The van der Waals surface area contributed by atoms with E-state index in [1.165, 1.54) is 0 Å². The maximum atomic E-state index is 11.8. The van der Waals surface area contributed by atoms with Crippen LogP contribution in [0.3, 0.4) is 0 Å². The van der Waals surface area contributed by atoms with Crippen LogP contribution in [0.25, 0.3) is 0 Å². The molecule has 0 aliphatic rings. The summed E-state index contributed by atoms with van der Waals surface area (Å²) < 4.78 is 14.7. The quantitative estimate of drug-likeness (QED) is 0.565. The molecule has 0 heterocycles. The summed E-state index contributed by atoms with van der Waals surface area (Å²) in [7, 11) is 0. The molecule has 0 amide bonds. The Bertz CT molecular complexity index is 458. The van der Waals surface area contributed by atoms with Crippen LogP contribution in [0.15, 0.2) is 24.3 Å². The molecule has 0 bridgehead atoms. The van der Waals surface area contributed by atoms with Crippen molar-refractivity contribution in [1.29, 1.82) is 0 Å². The molecule has 6 heteroatoms. The molecule has 116 valence electrons. The average Bonchev–Trinajstić information content (AvgIpc) is 2.44. The van der Waals surface area contributed by atoms with Crippen LogP contribution in [0.1, 0.15) is 37.0 Å². The Hall–Kier alpha value is -1.75. The number of ether oxygens (including phenoxy) is 3. The minimum absolute atomic E-state index is 0.238. The highest BCUT2D eigenvalue weighted by Gasteiger charge is 2.12. The van der Waals surface area contributed by atoms with E-state index in [0.29, 0.717) is 23.4 Å². The van der Waals surface area contributed by atoms with E-state index < -0.39 is 12.1 Å². The van der Waals surface area contributed by atoms with Gasteiger partial charge in [0.15, 0.2) is 0 Å². The second-order valence-electron chi connectivity index (χ2n) is 4.40. The lowest BCUT2D eigenvalue weighted by atomic mass is 10.2. The van der Waals surface area contributed by atoms with Gasteiger partial charge in [0.2, 0.25) is 0 Å². The van der Waals surface area contributed by atoms with E-state index in [1.54, 1.807) is 38.1 Å². The lowest BCUT2D eigenvalue weighted by Gasteiger charge is -2.13. The lowest BCUT2D eigenvalue weighted by molar-refractivity contribution is 0.0276. The molecule has 0 aliphatic heterocycles. The number of halogens is 1. The Morgan fingerprint density at radius 1 is 1.19 bits per heavy atom. The van der Waals surface area contributed by atoms with E-state index in [9.17, 15) is 9.59 Å². The zero-order valence-electron chi connectivity index (χ0n) is 12.1. The summed E-state index contributed by atoms with van der Waals surface area (Å²) in [5.74, 6) is -0.398. The molecule has 0 aromatic heterocycles. The van der Waals surface area contributed by atoms with E-state index in [1.807, 2.05) is 0 Å². The van der Waals surface area contributed by atoms with Gasteiger partial charge in [-0.25, -0.2) is 9.59 Å². The molecule has 1 aromatic rings. The zero-order valence-corrected chi connectivity index (χ0v) is 12.9. The third kappa shape index (κ3) is 6.99. The van der Waals surface area contributed by atoms with E-state index in [4.69, 9.17) is 21.1 Å². The van der Waals surface area contributed by atoms with E-state index in [0.717, 1.165) is 0 Å². The van der Waals surface area contributed by atoms with Crippen LogP contribution in [0.2, 0.25) is 5.02 Å². The molecular formula is C15H19ClO5. The molecular weight excluding hydrogens is 296 g/mol. The minimum Gasteiger partial charge on any atom is -0.459 e. The van der Waals surface area contributed by atoms with E-state index >= 15 is 0 Å². The maximum Gasteiger partial charge on any atom is 0.508 e. The summed E-state index contributed by atoms with van der Waals surface area (Å²) in [6.07, 6.45) is 0.245. The topological polar surface area (TPSA) is 61.8 Å². The van der Waals surface area contributed by atoms with E-state index in [2.05, 4.69) is 4.74 Å². The fourth-order valence-corrected chi connectivity index (χ4v) is 1.71. The highest BCUT2D eigenvalue weighted by atomic mass is 35.5. The van der Waals surface area contributed by atoms with Gasteiger partial charge >= 0.3 is 12.1 Å². The molecule has 0 saturated heterocycles. The molecule has 0 aliphatic carbocycles. The van der Waals surface area contributed by atoms with Crippen LogP contribution in [-0.2, 0) is 14.2 Å². The summed E-state index contributed by atoms with van der Waals surface area (Å²) in [5.41, 5.74) is 0.453. The number of carbonyl (C=O) groups is 2. The second-order valence-corrected chi connectivity index (χ2v) is 4.83. The Kier molecular flexibility index (Phi) is 7.61. The largest absolute Gasteiger partial charge is 0.508 e. The zero-order chi connectivity index (χ0) is 15.7. The highest BCUT2D eigenvalue weighted by Crippen LogP contribution is 2.12. The molecule has 0 N–H and O–H groups in total. The number of esters is 1. The number of rotatable bonds is 7. The predicted octanol–water partition coefficient (Wildman–Crippen LogP) is 3.84. The standard InChI is InChI=1S/C15H19ClO5/c1-3-19-15(18)20-10-4-5-11(2)21-14(17)12-6-8-13(16)9-7-12/h6-9,11H,3-5,10H2,1-2H3. The molecule has 0 spiro atoms. The van der Waals surface area contributed by atoms with Crippen LogP contribution in [0, 0.1) is 0 Å². The molecule has 1 rings (SSSR count). The summed E-state index contributed by atoms with van der Waals surface area (Å²) >= 11 is 5.75. The van der Waals surface area contributed by atoms with Crippen LogP contribution in [0.5, 0.6) is 0 Å². The van der Waals surface area contributed by atoms with Crippen molar-refractivity contribution in [3.8, 4) is 0 Å². The average molecular weight is 315 g/mol. The van der Waals surface area contributed by atoms with Crippen molar-refractivity contribution in [3.63, 3.8) is 0 Å². The van der Waals surface area contributed by atoms with Crippen molar-refractivity contribution < 1.29 is 23.8 Å². The fourth-order valence-electron chi connectivity index (χ4n) is 1.58. The summed E-state index contributed by atoms with van der Waals surface area (Å²) in [6, 6.07) is 6.49. The van der Waals surface area contributed by atoms with Gasteiger partial charge in [-0.2, -0.15) is 0 Å². The van der Waals surface area contributed by atoms with Gasteiger partial charge in [-0.1, -0.05) is 11.6 Å². The van der Waals surface area contributed by atoms with Crippen molar-refractivity contribution in [1.82, 2.24) is 0 Å². The molecule has 0 radical (unpaired) electrons. The summed E-state index contributed by atoms with van der Waals surface area (Å²) in [6.45, 7) is 4.02. The third-order valence-electron chi connectivity index (χ3n) is 2.63. The normalized spacial score (nSPS) is 11.6. The fraction of sp³-hybridized carbons (Fsp3) is 0.467. The minimum atomic E-state index is -0.677. The van der Waals surface area contributed by atoms with Crippen molar-refractivity contribution in [2.45, 2.75) is 32.8 Å². The third-order valence-corrected chi connectivity index (χ3v) is 2.88. The summed E-state index contributed by atoms with van der Waals surface area (Å²) in [4.78, 5) is 22.8. The first-order valence-corrected chi connectivity index (χ1v) is 7.16. The van der Waals surface area contributed by atoms with Crippen molar-refractivity contribution >= 4 is 23.7 Å². The second kappa shape index (κ2) is 9.23. The van der Waals surface area contributed by atoms with E-state index in [-0.39, 0.29) is 19.3 Å². The van der Waals surface area contributed by atoms with Crippen LogP contribution in [-0.4, -0.2) is 31.4 Å². The van der Waals surface area contributed by atoms with Gasteiger partial charge in [0.05, 0.1) is 24.9 Å². The SMILES string of the molecule is CCOC(=O)OCCCC(C)OC(=O)c1ccc(Cl)cc1. The monoisotopic (exact) mass is 314 g/mol. The van der Waals surface area contributed by atoms with Crippen molar-refractivity contribution in [2.24, 2.45) is 0 Å². The first-order chi connectivity index (χ1) is 10.0. The van der Waals surface area contributed by atoms with Crippen molar-refractivity contribution in [3.05, 3.63) is 34.9 Å². The van der Waals surface area contributed by atoms with Crippen LogP contribution in [0.4, 0.5) is 4.79 Å². The Morgan fingerprint density at radius 3 is 2.48 bits per heavy atom. The summed E-state index contributed by atoms with van der Waals surface area (Å²) in [5, 5.41) is 0.565. The first kappa shape index (κ1) is 17.3. The highest BCUT2D eigenvalue weighted by molar-refractivity contribution is 6.30. The number of hydrogen-bond acceptors (Lipinski definition) is 5. The molecule has 1 atom stereocenters. The smallest absolute Gasteiger partial charge is 0.459 e. The molecule has 0 fully saturated rings. The van der Waals surface area contributed by atoms with Gasteiger partial charge in [0.25, 0.3) is 0 Å². The van der Waals surface area contributed by atoms with Gasteiger partial charge in [-0.15, -0.1) is 0 Å². The van der Waals surface area contributed by atoms with Gasteiger partial charge < -0.3 is 14.2 Å². The maximum absolute atomic E-state index is 11.8. The van der Waals surface area contributed by atoms with Gasteiger partial charge in [0.1, 0.15) is 0 Å². The van der Waals surface area contributed by atoms with Crippen molar-refractivity contribution in [2.75, 3.05) is 13.2 Å². The first-order valence-electron chi connectivity index (χ1n) is 6.79. The predicted molar refractivity (Wildman–Crippen MR) is 78.5 cm³/mol. The Balaban J connectivity index is 2.24. The number of carbonyl (C=O) groups excluding carboxylic acids is 2. The van der Waals surface area contributed by atoms with Crippen LogP contribution < -0.4 is 0 Å². The molecule has 1 unspecified atom stereocenters. The van der Waals surface area contributed by atoms with Gasteiger partial charge in [-0.3, -0.25) is 0 Å². The van der Waals surface area contributed by atoms with Gasteiger partial charge in [0, 0.05) is 5.02 Å². The molecule has 0 saturated carbocycles. The molecule has 1 aromatic carbocycles. The Labute approximate surface area is 129 Å². The van der Waals surface area contributed by atoms with Crippen LogP contribution >= 0.6 is 11.6 Å². The van der Waals surface area contributed by atoms with Gasteiger partial charge in [-0.05, 0) is 51.0 Å². The molecule has 5 nitrogen and oxygen atoms in total. The number of benzene rings is 1. The number of hydrogen-bond donors (Lipinski definition) is 0.